The Kier molecular flexibility index (Phi) is 6.08. The van der Waals surface area contributed by atoms with Gasteiger partial charge >= 0.3 is 0 Å². The summed E-state index contributed by atoms with van der Waals surface area (Å²) in [5.74, 6) is -0.174. The Morgan fingerprint density at radius 2 is 2.15 bits per heavy atom. The van der Waals surface area contributed by atoms with E-state index in [1.165, 1.54) is 23.1 Å². The van der Waals surface area contributed by atoms with E-state index in [0.717, 1.165) is 12.8 Å². The van der Waals surface area contributed by atoms with Gasteiger partial charge in [-0.3, -0.25) is 14.5 Å². The highest BCUT2D eigenvalue weighted by molar-refractivity contribution is 8.02. The number of para-hydroxylation sites is 1. The number of nitrogens with one attached hydrogen (secondary N) is 1. The van der Waals surface area contributed by atoms with Crippen LogP contribution in [0.5, 0.6) is 0 Å². The first kappa shape index (κ1) is 19.3. The molecule has 0 unspecified atom stereocenters. The van der Waals surface area contributed by atoms with Crippen molar-refractivity contribution in [1.82, 2.24) is 10.2 Å². The Morgan fingerprint density at radius 1 is 1.41 bits per heavy atom. The minimum Gasteiger partial charge on any atom is -0.324 e. The zero-order valence-electron chi connectivity index (χ0n) is 15.0. The number of hydrogen-bond acceptors (Lipinski definition) is 7. The van der Waals surface area contributed by atoms with Gasteiger partial charge in [0.25, 0.3) is 0 Å². The van der Waals surface area contributed by atoms with Crippen LogP contribution in [0.4, 0.5) is 10.8 Å². The Bertz CT molecular complexity index is 888. The largest absolute Gasteiger partial charge is 0.324 e. The van der Waals surface area contributed by atoms with Gasteiger partial charge in [-0.15, -0.1) is 10.2 Å². The second-order valence-electron chi connectivity index (χ2n) is 6.11. The molecule has 27 heavy (non-hydrogen) atoms. The molecule has 1 saturated carbocycles. The number of thioether (sulfide) groups is 1. The topological polar surface area (TPSA) is 99.0 Å². The molecular formula is C18H19N5O2S2. The molecule has 7 nitrogen and oxygen atoms in total. The zero-order chi connectivity index (χ0) is 19.4. The average molecular weight is 402 g/mol. The molecule has 1 aromatic carbocycles. The van der Waals surface area contributed by atoms with E-state index in [4.69, 9.17) is 5.26 Å². The molecule has 1 fully saturated rings. The fourth-order valence-electron chi connectivity index (χ4n) is 2.45. The molecule has 0 saturated heterocycles. The van der Waals surface area contributed by atoms with Crippen LogP contribution in [-0.4, -0.2) is 33.3 Å². The van der Waals surface area contributed by atoms with Gasteiger partial charge in [0.1, 0.15) is 6.07 Å². The Balaban J connectivity index is 1.65. The molecule has 2 aromatic rings. The predicted octanol–water partition coefficient (Wildman–Crippen LogP) is 3.43. The van der Waals surface area contributed by atoms with E-state index in [0.29, 0.717) is 27.1 Å². The second kappa shape index (κ2) is 8.50. The number of carbonyl (C=O) groups is 2. The highest BCUT2D eigenvalue weighted by Gasteiger charge is 2.35. The maximum atomic E-state index is 12.4. The summed E-state index contributed by atoms with van der Waals surface area (Å²) in [7, 11) is 0. The van der Waals surface area contributed by atoms with Gasteiger partial charge in [0.05, 0.1) is 16.5 Å². The normalized spacial score (nSPS) is 14.3. The van der Waals surface area contributed by atoms with Crippen LogP contribution < -0.4 is 10.2 Å². The standard InChI is InChI=1S/C18H19N5O2S2/c1-3-15(24)23(13-8-9-13)17-21-22-18(27-17)26-11(2)16(25)20-14-7-5-4-6-12(14)10-19/h4-7,11,13H,3,8-9H2,1-2H3,(H,20,25)/t11-/m0/s1. The van der Waals surface area contributed by atoms with Crippen molar-refractivity contribution in [2.75, 3.05) is 10.2 Å². The Hall–Kier alpha value is -2.44. The van der Waals surface area contributed by atoms with Crippen LogP contribution in [0.15, 0.2) is 28.6 Å². The molecule has 140 valence electrons. The second-order valence-corrected chi connectivity index (χ2v) is 8.65. The molecule has 2 amide bonds. The number of anilines is 2. The summed E-state index contributed by atoms with van der Waals surface area (Å²) >= 11 is 2.61. The lowest BCUT2D eigenvalue weighted by Crippen LogP contribution is -2.32. The lowest BCUT2D eigenvalue weighted by molar-refractivity contribution is -0.118. The predicted molar refractivity (Wildman–Crippen MR) is 106 cm³/mol. The van der Waals surface area contributed by atoms with Gasteiger partial charge in [0.15, 0.2) is 4.34 Å². The molecule has 0 aliphatic heterocycles. The van der Waals surface area contributed by atoms with E-state index in [1.54, 1.807) is 36.1 Å². The van der Waals surface area contributed by atoms with E-state index >= 15 is 0 Å². The first-order valence-corrected chi connectivity index (χ1v) is 10.3. The molecule has 0 spiro atoms. The molecule has 9 heteroatoms. The van der Waals surface area contributed by atoms with E-state index in [9.17, 15) is 9.59 Å². The third-order valence-electron chi connectivity index (χ3n) is 4.04. The maximum Gasteiger partial charge on any atom is 0.237 e. The van der Waals surface area contributed by atoms with Crippen LogP contribution in [0.25, 0.3) is 0 Å². The van der Waals surface area contributed by atoms with Crippen LogP contribution in [0.1, 0.15) is 38.7 Å². The van der Waals surface area contributed by atoms with E-state index in [2.05, 4.69) is 21.6 Å². The number of rotatable bonds is 7. The van der Waals surface area contributed by atoms with Crippen molar-refractivity contribution in [2.45, 2.75) is 48.7 Å². The maximum absolute atomic E-state index is 12.4. The van der Waals surface area contributed by atoms with Crippen molar-refractivity contribution in [3.63, 3.8) is 0 Å². The third-order valence-corrected chi connectivity index (χ3v) is 6.14. The molecule has 0 bridgehead atoms. The lowest BCUT2D eigenvalue weighted by Gasteiger charge is -2.17. The van der Waals surface area contributed by atoms with Crippen LogP contribution in [0.2, 0.25) is 0 Å². The van der Waals surface area contributed by atoms with Gasteiger partial charge in [0.2, 0.25) is 16.9 Å². The van der Waals surface area contributed by atoms with Crippen molar-refractivity contribution in [3.8, 4) is 6.07 Å². The molecule has 1 aliphatic carbocycles. The van der Waals surface area contributed by atoms with Crippen molar-refractivity contribution < 1.29 is 9.59 Å². The van der Waals surface area contributed by atoms with Gasteiger partial charge in [-0.05, 0) is 31.9 Å². The van der Waals surface area contributed by atoms with Crippen LogP contribution in [-0.2, 0) is 9.59 Å². The van der Waals surface area contributed by atoms with Gasteiger partial charge in [-0.25, -0.2) is 0 Å². The summed E-state index contributed by atoms with van der Waals surface area (Å²) in [6.45, 7) is 3.60. The monoisotopic (exact) mass is 401 g/mol. The van der Waals surface area contributed by atoms with E-state index in [1.807, 2.05) is 6.92 Å². The third kappa shape index (κ3) is 4.64. The number of nitrogens with zero attached hydrogens (tertiary/aromatic N) is 4. The van der Waals surface area contributed by atoms with E-state index < -0.39 is 5.25 Å². The molecule has 1 aromatic heterocycles. The fourth-order valence-corrected chi connectivity index (χ4v) is 4.52. The van der Waals surface area contributed by atoms with E-state index in [-0.39, 0.29) is 17.9 Å². The average Bonchev–Trinajstić information content (AvgIpc) is 3.40. The highest BCUT2D eigenvalue weighted by Crippen LogP contribution is 2.37. The summed E-state index contributed by atoms with van der Waals surface area (Å²) in [6, 6.07) is 9.15. The van der Waals surface area contributed by atoms with Gasteiger partial charge in [-0.1, -0.05) is 42.2 Å². The first-order valence-electron chi connectivity index (χ1n) is 8.65. The minimum atomic E-state index is -0.422. The molecule has 1 heterocycles. The van der Waals surface area contributed by atoms with Gasteiger partial charge in [-0.2, -0.15) is 5.26 Å². The Morgan fingerprint density at radius 3 is 2.81 bits per heavy atom. The highest BCUT2D eigenvalue weighted by atomic mass is 32.2. The fraction of sp³-hybridized carbons (Fsp3) is 0.389. The molecular weight excluding hydrogens is 382 g/mol. The summed E-state index contributed by atoms with van der Waals surface area (Å²) in [6.07, 6.45) is 2.41. The van der Waals surface area contributed by atoms with Crippen molar-refractivity contribution in [2.24, 2.45) is 0 Å². The number of aromatic nitrogens is 2. The summed E-state index contributed by atoms with van der Waals surface area (Å²) in [4.78, 5) is 26.3. The van der Waals surface area contributed by atoms with Crippen molar-refractivity contribution in [3.05, 3.63) is 29.8 Å². The Labute approximate surface area is 165 Å². The number of amides is 2. The molecule has 0 radical (unpaired) electrons. The molecule has 1 N–H and O–H groups in total. The molecule has 1 atom stereocenters. The van der Waals surface area contributed by atoms with Crippen LogP contribution in [0.3, 0.4) is 0 Å². The minimum absolute atomic E-state index is 0.0455. The SMILES string of the molecule is CCC(=O)N(c1nnc(S[C@@H](C)C(=O)Nc2ccccc2C#N)s1)C1CC1. The smallest absolute Gasteiger partial charge is 0.237 e. The summed E-state index contributed by atoms with van der Waals surface area (Å²) < 4.78 is 0.635. The van der Waals surface area contributed by atoms with Crippen LogP contribution in [0, 0.1) is 11.3 Å². The number of carbonyl (C=O) groups excluding carboxylic acids is 2. The lowest BCUT2D eigenvalue weighted by atomic mass is 10.2. The quantitative estimate of drug-likeness (QED) is 0.564. The van der Waals surface area contributed by atoms with Crippen molar-refractivity contribution in [1.29, 1.82) is 5.26 Å². The number of benzene rings is 1. The van der Waals surface area contributed by atoms with Crippen LogP contribution >= 0.6 is 23.1 Å². The molecule has 3 rings (SSSR count). The summed E-state index contributed by atoms with van der Waals surface area (Å²) in [5, 5.41) is 20.3. The van der Waals surface area contributed by atoms with Gasteiger partial charge in [0, 0.05) is 12.5 Å². The number of nitriles is 1. The van der Waals surface area contributed by atoms with Gasteiger partial charge < -0.3 is 5.32 Å². The number of hydrogen-bond donors (Lipinski definition) is 1. The zero-order valence-corrected chi connectivity index (χ0v) is 16.6. The summed E-state index contributed by atoms with van der Waals surface area (Å²) in [5.41, 5.74) is 0.906. The molecule has 1 aliphatic rings. The first-order chi connectivity index (χ1) is 13.0. The van der Waals surface area contributed by atoms with Crippen molar-refractivity contribution >= 4 is 45.7 Å².